The third-order valence-electron chi connectivity index (χ3n) is 4.49. The lowest BCUT2D eigenvalue weighted by molar-refractivity contribution is 0.169. The standard InChI is InChI=1S/C19H22O4S/c1-21-16-9-11-5-8-15(20)14-10-12(24-4)6-7-13(14)17(11)19(23-3)18(16)22-2/h6-7,9-10,15,20H,5,8H2,1-4H3/t15-/m0/s1. The van der Waals surface area contributed by atoms with Crippen LogP contribution in [0.3, 0.4) is 0 Å². The smallest absolute Gasteiger partial charge is 0.203 e. The summed E-state index contributed by atoms with van der Waals surface area (Å²) in [5.41, 5.74) is 4.00. The lowest BCUT2D eigenvalue weighted by Gasteiger charge is -2.20. The van der Waals surface area contributed by atoms with Gasteiger partial charge >= 0.3 is 0 Å². The number of thioether (sulfide) groups is 1. The number of hydrogen-bond acceptors (Lipinski definition) is 5. The summed E-state index contributed by atoms with van der Waals surface area (Å²) < 4.78 is 16.7. The van der Waals surface area contributed by atoms with Crippen LogP contribution in [0.4, 0.5) is 0 Å². The molecule has 3 rings (SSSR count). The van der Waals surface area contributed by atoms with Crippen molar-refractivity contribution in [2.24, 2.45) is 0 Å². The average molecular weight is 346 g/mol. The van der Waals surface area contributed by atoms with Crippen LogP contribution in [0.15, 0.2) is 29.2 Å². The fourth-order valence-corrected chi connectivity index (χ4v) is 3.77. The van der Waals surface area contributed by atoms with Gasteiger partial charge in [0.1, 0.15) is 0 Å². The van der Waals surface area contributed by atoms with Crippen LogP contribution in [0.5, 0.6) is 17.2 Å². The van der Waals surface area contributed by atoms with Gasteiger partial charge in [0.15, 0.2) is 11.5 Å². The zero-order valence-corrected chi connectivity index (χ0v) is 15.2. The Bertz CT molecular complexity index is 758. The minimum atomic E-state index is -0.499. The first-order valence-electron chi connectivity index (χ1n) is 7.82. The Balaban J connectivity index is 2.34. The predicted molar refractivity (Wildman–Crippen MR) is 96.6 cm³/mol. The number of hydrogen-bond donors (Lipinski definition) is 1. The molecule has 4 nitrogen and oxygen atoms in total. The Kier molecular flexibility index (Phi) is 4.92. The molecule has 2 aromatic carbocycles. The Morgan fingerprint density at radius 2 is 1.79 bits per heavy atom. The van der Waals surface area contributed by atoms with E-state index in [9.17, 15) is 5.11 Å². The molecule has 2 aromatic rings. The highest BCUT2D eigenvalue weighted by Crippen LogP contribution is 2.50. The third kappa shape index (κ3) is 2.72. The number of ether oxygens (including phenoxy) is 3. The number of aliphatic hydroxyl groups excluding tert-OH is 1. The molecule has 128 valence electrons. The van der Waals surface area contributed by atoms with E-state index < -0.39 is 6.10 Å². The van der Waals surface area contributed by atoms with Crippen molar-refractivity contribution >= 4 is 11.8 Å². The molecule has 0 unspecified atom stereocenters. The summed E-state index contributed by atoms with van der Waals surface area (Å²) in [7, 11) is 4.86. The van der Waals surface area contributed by atoms with E-state index in [1.807, 2.05) is 12.3 Å². The largest absolute Gasteiger partial charge is 0.493 e. The fourth-order valence-electron chi connectivity index (χ4n) is 3.32. The van der Waals surface area contributed by atoms with Crippen LogP contribution in [0.2, 0.25) is 0 Å². The molecule has 0 radical (unpaired) electrons. The van der Waals surface area contributed by atoms with Gasteiger partial charge in [-0.1, -0.05) is 6.07 Å². The maximum absolute atomic E-state index is 10.6. The quantitative estimate of drug-likeness (QED) is 0.845. The van der Waals surface area contributed by atoms with Crippen molar-refractivity contribution in [1.82, 2.24) is 0 Å². The van der Waals surface area contributed by atoms with Crippen molar-refractivity contribution in [3.63, 3.8) is 0 Å². The van der Waals surface area contributed by atoms with E-state index in [1.165, 1.54) is 0 Å². The summed E-state index contributed by atoms with van der Waals surface area (Å²) in [5.74, 6) is 1.88. The van der Waals surface area contributed by atoms with E-state index in [4.69, 9.17) is 14.2 Å². The highest BCUT2D eigenvalue weighted by Gasteiger charge is 2.28. The van der Waals surface area contributed by atoms with Gasteiger partial charge in [-0.05, 0) is 54.0 Å². The molecular formula is C19H22O4S. The molecule has 0 aromatic heterocycles. The normalized spacial score (nSPS) is 16.0. The van der Waals surface area contributed by atoms with E-state index in [1.54, 1.807) is 33.1 Å². The SMILES string of the molecule is COc1cc2c(c(OC)c1OC)-c1ccc(SC)cc1[C@@H](O)CC2. The second-order valence-electron chi connectivity index (χ2n) is 5.69. The number of benzene rings is 2. The molecule has 1 atom stereocenters. The number of aliphatic hydroxyl groups is 1. The Morgan fingerprint density at radius 3 is 2.42 bits per heavy atom. The monoisotopic (exact) mass is 346 g/mol. The van der Waals surface area contributed by atoms with E-state index in [2.05, 4.69) is 18.2 Å². The molecule has 5 heteroatoms. The summed E-state index contributed by atoms with van der Waals surface area (Å²) >= 11 is 1.67. The first kappa shape index (κ1) is 17.0. The van der Waals surface area contributed by atoms with Gasteiger partial charge in [0.2, 0.25) is 5.75 Å². The van der Waals surface area contributed by atoms with Crippen molar-refractivity contribution in [3.8, 4) is 28.4 Å². The van der Waals surface area contributed by atoms with Gasteiger partial charge in [0, 0.05) is 10.5 Å². The van der Waals surface area contributed by atoms with Crippen molar-refractivity contribution < 1.29 is 19.3 Å². The zero-order valence-electron chi connectivity index (χ0n) is 14.4. The molecule has 0 heterocycles. The first-order valence-corrected chi connectivity index (χ1v) is 9.05. The molecule has 0 saturated heterocycles. The van der Waals surface area contributed by atoms with Crippen molar-refractivity contribution in [3.05, 3.63) is 35.4 Å². The highest BCUT2D eigenvalue weighted by atomic mass is 32.2. The maximum Gasteiger partial charge on any atom is 0.203 e. The van der Waals surface area contributed by atoms with Crippen molar-refractivity contribution in [1.29, 1.82) is 0 Å². The first-order chi connectivity index (χ1) is 11.6. The minimum Gasteiger partial charge on any atom is -0.493 e. The van der Waals surface area contributed by atoms with Gasteiger partial charge in [0.05, 0.1) is 27.4 Å². The molecule has 1 aliphatic carbocycles. The summed E-state index contributed by atoms with van der Waals surface area (Å²) in [6.45, 7) is 0. The zero-order chi connectivity index (χ0) is 17.3. The summed E-state index contributed by atoms with van der Waals surface area (Å²) in [5, 5.41) is 10.6. The Hall–Kier alpha value is -1.85. The average Bonchev–Trinajstić information content (AvgIpc) is 2.76. The van der Waals surface area contributed by atoms with Crippen LogP contribution < -0.4 is 14.2 Å². The van der Waals surface area contributed by atoms with Crippen LogP contribution in [0, 0.1) is 0 Å². The van der Waals surface area contributed by atoms with Gasteiger partial charge < -0.3 is 19.3 Å². The Morgan fingerprint density at radius 1 is 1.04 bits per heavy atom. The lowest BCUT2D eigenvalue weighted by atomic mass is 9.94. The van der Waals surface area contributed by atoms with Crippen molar-refractivity contribution in [2.75, 3.05) is 27.6 Å². The van der Waals surface area contributed by atoms with Gasteiger partial charge in [-0.15, -0.1) is 11.8 Å². The molecule has 0 saturated carbocycles. The van der Waals surface area contributed by atoms with Crippen LogP contribution in [0.25, 0.3) is 11.1 Å². The summed E-state index contributed by atoms with van der Waals surface area (Å²) in [6, 6.07) is 8.18. The highest BCUT2D eigenvalue weighted by molar-refractivity contribution is 7.98. The molecule has 0 fully saturated rings. The summed E-state index contributed by atoms with van der Waals surface area (Å²) in [6.07, 6.45) is 2.95. The molecule has 0 aliphatic heterocycles. The van der Waals surface area contributed by atoms with Crippen LogP contribution in [0.1, 0.15) is 23.7 Å². The second-order valence-corrected chi connectivity index (χ2v) is 6.57. The van der Waals surface area contributed by atoms with Gasteiger partial charge in [-0.3, -0.25) is 0 Å². The molecule has 24 heavy (non-hydrogen) atoms. The molecule has 0 bridgehead atoms. The number of rotatable bonds is 4. The number of aryl methyl sites for hydroxylation is 1. The molecule has 0 amide bonds. The Labute approximate surface area is 146 Å². The van der Waals surface area contributed by atoms with Gasteiger partial charge in [0.25, 0.3) is 0 Å². The van der Waals surface area contributed by atoms with E-state index >= 15 is 0 Å². The third-order valence-corrected chi connectivity index (χ3v) is 5.21. The number of fused-ring (bicyclic) bond motifs is 3. The topological polar surface area (TPSA) is 47.9 Å². The summed E-state index contributed by atoms with van der Waals surface area (Å²) in [4.78, 5) is 1.13. The van der Waals surface area contributed by atoms with Gasteiger partial charge in [-0.25, -0.2) is 0 Å². The molecule has 0 spiro atoms. The van der Waals surface area contributed by atoms with Crippen molar-refractivity contribution in [2.45, 2.75) is 23.8 Å². The van der Waals surface area contributed by atoms with E-state index in [0.29, 0.717) is 23.7 Å². The van der Waals surface area contributed by atoms with E-state index in [0.717, 1.165) is 33.6 Å². The predicted octanol–water partition coefficient (Wildman–Crippen LogP) is 4.08. The van der Waals surface area contributed by atoms with Gasteiger partial charge in [-0.2, -0.15) is 0 Å². The molecular weight excluding hydrogens is 324 g/mol. The minimum absolute atomic E-state index is 0.499. The lowest BCUT2D eigenvalue weighted by Crippen LogP contribution is -2.00. The molecule has 1 N–H and O–H groups in total. The second kappa shape index (κ2) is 6.95. The fraction of sp³-hybridized carbons (Fsp3) is 0.368. The van der Waals surface area contributed by atoms with E-state index in [-0.39, 0.29) is 0 Å². The number of methoxy groups -OCH3 is 3. The maximum atomic E-state index is 10.6. The molecule has 1 aliphatic rings. The van der Waals surface area contributed by atoms with Crippen LogP contribution >= 0.6 is 11.8 Å². The van der Waals surface area contributed by atoms with Crippen LogP contribution in [-0.4, -0.2) is 32.7 Å². The van der Waals surface area contributed by atoms with Crippen LogP contribution in [-0.2, 0) is 6.42 Å².